The molecule has 1 amide bonds. The number of anilines is 1. The first-order valence-electron chi connectivity index (χ1n) is 9.66. The van der Waals surface area contributed by atoms with E-state index in [-0.39, 0.29) is 5.91 Å². The molecule has 0 spiro atoms. The third-order valence-electron chi connectivity index (χ3n) is 5.88. The average Bonchev–Trinajstić information content (AvgIpc) is 2.62. The highest BCUT2D eigenvalue weighted by Gasteiger charge is 2.30. The Kier molecular flexibility index (Phi) is 5.31. The van der Waals surface area contributed by atoms with Crippen LogP contribution in [0.1, 0.15) is 19.3 Å². The van der Waals surface area contributed by atoms with Gasteiger partial charge in [0.1, 0.15) is 0 Å². The Morgan fingerprint density at radius 2 is 1.65 bits per heavy atom. The number of nitrogens with zero attached hydrogens (tertiary/aromatic N) is 6. The molecule has 3 aliphatic rings. The summed E-state index contributed by atoms with van der Waals surface area (Å²) in [4.78, 5) is 29.5. The second-order valence-corrected chi connectivity index (χ2v) is 7.47. The number of hydrogen-bond donors (Lipinski definition) is 0. The number of carbonyl (C=O) groups excluding carboxylic acids is 1. The van der Waals surface area contributed by atoms with Crippen molar-refractivity contribution in [2.75, 3.05) is 63.8 Å². The zero-order chi connectivity index (χ0) is 17.9. The number of carbonyl (C=O) groups is 1. The maximum Gasteiger partial charge on any atom is 0.236 e. The molecule has 0 radical (unpaired) electrons. The molecule has 7 nitrogen and oxygen atoms in total. The van der Waals surface area contributed by atoms with Gasteiger partial charge in [-0.1, -0.05) is 6.42 Å². The first-order chi connectivity index (χ1) is 12.7. The van der Waals surface area contributed by atoms with Gasteiger partial charge in [0.25, 0.3) is 0 Å². The van der Waals surface area contributed by atoms with Crippen LogP contribution in [-0.4, -0.2) is 95.5 Å². The lowest BCUT2D eigenvalue weighted by Gasteiger charge is -2.43. The van der Waals surface area contributed by atoms with Gasteiger partial charge in [-0.2, -0.15) is 0 Å². The van der Waals surface area contributed by atoms with E-state index in [1.165, 1.54) is 31.7 Å². The van der Waals surface area contributed by atoms with Gasteiger partial charge in [0.05, 0.1) is 18.9 Å². The molecule has 8 heteroatoms. The third-order valence-corrected chi connectivity index (χ3v) is 5.88. The summed E-state index contributed by atoms with van der Waals surface area (Å²) in [7, 11) is 0. The Bertz CT molecular complexity index is 607. The maximum absolute atomic E-state index is 12.9. The van der Waals surface area contributed by atoms with Crippen molar-refractivity contribution in [1.29, 1.82) is 0 Å². The molecule has 1 saturated carbocycles. The normalized spacial score (nSPS) is 23.1. The number of piperazine rings is 2. The van der Waals surface area contributed by atoms with Gasteiger partial charge in [0.15, 0.2) is 5.82 Å². The van der Waals surface area contributed by atoms with Crippen molar-refractivity contribution in [2.45, 2.75) is 25.3 Å². The van der Waals surface area contributed by atoms with E-state index >= 15 is 0 Å². The van der Waals surface area contributed by atoms with Crippen LogP contribution in [-0.2, 0) is 4.79 Å². The van der Waals surface area contributed by atoms with Gasteiger partial charge in [-0.05, 0) is 12.8 Å². The predicted molar refractivity (Wildman–Crippen MR) is 96.4 cm³/mol. The molecule has 4 rings (SSSR count). The SMILES string of the molecule is O=C(CN1CCN(c2ncc(F)cn2)CC1)N1CCN(C2CCC2)CC1. The minimum atomic E-state index is -0.421. The van der Waals surface area contributed by atoms with Gasteiger partial charge in [-0.3, -0.25) is 14.6 Å². The van der Waals surface area contributed by atoms with Crippen LogP contribution in [0.25, 0.3) is 0 Å². The molecule has 0 atom stereocenters. The second-order valence-electron chi connectivity index (χ2n) is 7.47. The quantitative estimate of drug-likeness (QED) is 0.775. The van der Waals surface area contributed by atoms with Crippen molar-refractivity contribution in [2.24, 2.45) is 0 Å². The Morgan fingerprint density at radius 1 is 1.00 bits per heavy atom. The minimum Gasteiger partial charge on any atom is -0.339 e. The summed E-state index contributed by atoms with van der Waals surface area (Å²) >= 11 is 0. The van der Waals surface area contributed by atoms with Crippen molar-refractivity contribution in [3.63, 3.8) is 0 Å². The summed E-state index contributed by atoms with van der Waals surface area (Å²) in [6.07, 6.45) is 6.41. The molecular formula is C18H27FN6O. The third kappa shape index (κ3) is 3.96. The smallest absolute Gasteiger partial charge is 0.236 e. The lowest BCUT2D eigenvalue weighted by atomic mass is 9.91. The van der Waals surface area contributed by atoms with Gasteiger partial charge in [0.2, 0.25) is 11.9 Å². The highest BCUT2D eigenvalue weighted by molar-refractivity contribution is 5.78. The zero-order valence-corrected chi connectivity index (χ0v) is 15.2. The maximum atomic E-state index is 12.9. The van der Waals surface area contributed by atoms with Crippen LogP contribution in [0.4, 0.5) is 10.3 Å². The van der Waals surface area contributed by atoms with Gasteiger partial charge in [-0.25, -0.2) is 14.4 Å². The molecule has 2 saturated heterocycles. The topological polar surface area (TPSA) is 55.8 Å². The fourth-order valence-electron chi connectivity index (χ4n) is 3.95. The second kappa shape index (κ2) is 7.84. The van der Waals surface area contributed by atoms with E-state index in [9.17, 15) is 9.18 Å². The van der Waals surface area contributed by atoms with Crippen molar-refractivity contribution < 1.29 is 9.18 Å². The molecule has 0 bridgehead atoms. The molecular weight excluding hydrogens is 335 g/mol. The number of hydrogen-bond acceptors (Lipinski definition) is 6. The Morgan fingerprint density at radius 3 is 2.23 bits per heavy atom. The summed E-state index contributed by atoms with van der Waals surface area (Å²) in [5.41, 5.74) is 0. The molecule has 1 aromatic rings. The van der Waals surface area contributed by atoms with E-state index in [0.717, 1.165) is 58.4 Å². The Labute approximate surface area is 153 Å². The Balaban J connectivity index is 1.20. The molecule has 142 valence electrons. The van der Waals surface area contributed by atoms with E-state index in [0.29, 0.717) is 12.5 Å². The van der Waals surface area contributed by atoms with E-state index in [2.05, 4.69) is 19.8 Å². The molecule has 0 N–H and O–H groups in total. The number of amides is 1. The van der Waals surface area contributed by atoms with E-state index in [1.807, 2.05) is 9.80 Å². The number of rotatable bonds is 4. The van der Waals surface area contributed by atoms with Crippen LogP contribution < -0.4 is 4.90 Å². The minimum absolute atomic E-state index is 0.241. The van der Waals surface area contributed by atoms with Gasteiger partial charge >= 0.3 is 0 Å². The fourth-order valence-corrected chi connectivity index (χ4v) is 3.95. The first kappa shape index (κ1) is 17.6. The van der Waals surface area contributed by atoms with Gasteiger partial charge < -0.3 is 9.80 Å². The molecule has 2 aliphatic heterocycles. The zero-order valence-electron chi connectivity index (χ0n) is 15.2. The van der Waals surface area contributed by atoms with Crippen molar-refractivity contribution in [3.05, 3.63) is 18.2 Å². The lowest BCUT2D eigenvalue weighted by Crippen LogP contribution is -2.56. The van der Waals surface area contributed by atoms with Gasteiger partial charge in [0, 0.05) is 58.4 Å². The highest BCUT2D eigenvalue weighted by Crippen LogP contribution is 2.25. The summed E-state index contributed by atoms with van der Waals surface area (Å²) in [6, 6.07) is 0.772. The predicted octanol–water partition coefficient (Wildman–Crippen LogP) is 0.434. The van der Waals surface area contributed by atoms with Crippen LogP contribution in [0.3, 0.4) is 0 Å². The monoisotopic (exact) mass is 362 g/mol. The van der Waals surface area contributed by atoms with Crippen molar-refractivity contribution >= 4 is 11.9 Å². The fraction of sp³-hybridized carbons (Fsp3) is 0.722. The van der Waals surface area contributed by atoms with Crippen molar-refractivity contribution in [1.82, 2.24) is 24.7 Å². The summed E-state index contributed by atoms with van der Waals surface area (Å²) < 4.78 is 12.9. The van der Waals surface area contributed by atoms with E-state index in [4.69, 9.17) is 0 Å². The van der Waals surface area contributed by atoms with Crippen LogP contribution >= 0.6 is 0 Å². The molecule has 26 heavy (non-hydrogen) atoms. The van der Waals surface area contributed by atoms with Crippen LogP contribution in [0, 0.1) is 5.82 Å². The molecule has 0 unspecified atom stereocenters. The van der Waals surface area contributed by atoms with Gasteiger partial charge in [-0.15, -0.1) is 0 Å². The van der Waals surface area contributed by atoms with E-state index in [1.54, 1.807) is 0 Å². The molecule has 1 aromatic heterocycles. The lowest BCUT2D eigenvalue weighted by molar-refractivity contribution is -0.134. The van der Waals surface area contributed by atoms with Crippen LogP contribution in [0.15, 0.2) is 12.4 Å². The number of halogens is 1. The van der Waals surface area contributed by atoms with E-state index < -0.39 is 5.82 Å². The summed E-state index contributed by atoms with van der Waals surface area (Å²) in [6.45, 7) is 7.36. The molecule has 3 heterocycles. The molecule has 1 aliphatic carbocycles. The summed E-state index contributed by atoms with van der Waals surface area (Å²) in [5, 5.41) is 0. The average molecular weight is 362 g/mol. The largest absolute Gasteiger partial charge is 0.339 e. The first-order valence-corrected chi connectivity index (χ1v) is 9.66. The Hall–Kier alpha value is -1.80. The number of aromatic nitrogens is 2. The molecule has 3 fully saturated rings. The van der Waals surface area contributed by atoms with Crippen LogP contribution in [0.2, 0.25) is 0 Å². The van der Waals surface area contributed by atoms with Crippen LogP contribution in [0.5, 0.6) is 0 Å². The highest BCUT2D eigenvalue weighted by atomic mass is 19.1. The summed E-state index contributed by atoms with van der Waals surface area (Å²) in [5.74, 6) is 0.379. The molecule has 0 aromatic carbocycles. The van der Waals surface area contributed by atoms with Crippen molar-refractivity contribution in [3.8, 4) is 0 Å². The standard InChI is InChI=1S/C18H27FN6O/c19-15-12-20-18(21-13-15)25-6-4-22(5-7-25)14-17(26)24-10-8-23(9-11-24)16-2-1-3-16/h12-13,16H,1-11,14H2.